The first-order valence-electron chi connectivity index (χ1n) is 3.53. The summed E-state index contributed by atoms with van der Waals surface area (Å²) in [4.78, 5) is 4.05. The van der Waals surface area contributed by atoms with E-state index in [0.29, 0.717) is 11.4 Å². The zero-order valence-corrected chi connectivity index (χ0v) is 6.78. The predicted molar refractivity (Wildman–Crippen MR) is 46.8 cm³/mol. The highest BCUT2D eigenvalue weighted by Gasteiger charge is 2.00. The number of nitrogens with zero attached hydrogens (tertiary/aromatic N) is 2. The van der Waals surface area contributed by atoms with E-state index < -0.39 is 0 Å². The Balaban J connectivity index is 3.13. The summed E-state index contributed by atoms with van der Waals surface area (Å²) >= 11 is 0. The minimum absolute atomic E-state index is 0.413. The summed E-state index contributed by atoms with van der Waals surface area (Å²) < 4.78 is 0. The largest absolute Gasteiger partial charge is 0.396 e. The van der Waals surface area contributed by atoms with Gasteiger partial charge >= 0.3 is 0 Å². The molecule has 12 heavy (non-hydrogen) atoms. The van der Waals surface area contributed by atoms with Crippen molar-refractivity contribution < 1.29 is 0 Å². The molecular formula is C9H9N3. The molecule has 0 fully saturated rings. The molecule has 1 aromatic rings. The summed E-state index contributed by atoms with van der Waals surface area (Å²) in [6, 6.07) is 5.60. The van der Waals surface area contributed by atoms with Crippen LogP contribution in [0.3, 0.4) is 0 Å². The minimum atomic E-state index is 0.413. The number of aryl methyl sites for hydroxylation is 1. The van der Waals surface area contributed by atoms with Gasteiger partial charge in [-0.15, -0.1) is 0 Å². The van der Waals surface area contributed by atoms with Gasteiger partial charge in [0.1, 0.15) is 0 Å². The van der Waals surface area contributed by atoms with Crippen LogP contribution < -0.4 is 5.73 Å². The Morgan fingerprint density at radius 2 is 2.50 bits per heavy atom. The van der Waals surface area contributed by atoms with Crippen LogP contribution in [-0.2, 0) is 0 Å². The first-order valence-corrected chi connectivity index (χ1v) is 3.53. The fraction of sp³-hybridized carbons (Fsp3) is 0.111. The average molecular weight is 159 g/mol. The molecule has 0 bridgehead atoms. The highest BCUT2D eigenvalue weighted by Crippen LogP contribution is 2.09. The Bertz CT molecular complexity index is 347. The molecule has 1 rings (SSSR count). The summed E-state index contributed by atoms with van der Waals surface area (Å²) in [5.41, 5.74) is 7.65. The number of rotatable bonds is 1. The van der Waals surface area contributed by atoms with E-state index >= 15 is 0 Å². The van der Waals surface area contributed by atoms with Crippen molar-refractivity contribution in [1.29, 1.82) is 5.26 Å². The second kappa shape index (κ2) is 3.54. The van der Waals surface area contributed by atoms with E-state index in [2.05, 4.69) is 4.98 Å². The molecule has 0 aromatic carbocycles. The predicted octanol–water partition coefficient (Wildman–Crippen LogP) is 1.21. The van der Waals surface area contributed by atoms with E-state index in [1.165, 1.54) is 6.08 Å². The van der Waals surface area contributed by atoms with Crippen molar-refractivity contribution in [2.24, 2.45) is 5.73 Å². The van der Waals surface area contributed by atoms with Crippen LogP contribution in [-0.4, -0.2) is 4.98 Å². The van der Waals surface area contributed by atoms with Gasteiger partial charge < -0.3 is 5.73 Å². The van der Waals surface area contributed by atoms with Crippen molar-refractivity contribution >= 4 is 5.70 Å². The van der Waals surface area contributed by atoms with Gasteiger partial charge in [0, 0.05) is 12.3 Å². The molecule has 0 amide bonds. The zero-order chi connectivity index (χ0) is 8.97. The van der Waals surface area contributed by atoms with Crippen LogP contribution in [0.5, 0.6) is 0 Å². The molecule has 3 nitrogen and oxygen atoms in total. The van der Waals surface area contributed by atoms with Crippen LogP contribution in [0.25, 0.3) is 5.70 Å². The first kappa shape index (κ1) is 8.28. The van der Waals surface area contributed by atoms with Crippen LogP contribution in [0.1, 0.15) is 11.3 Å². The minimum Gasteiger partial charge on any atom is -0.396 e. The van der Waals surface area contributed by atoms with Gasteiger partial charge in [-0.05, 0) is 18.6 Å². The van der Waals surface area contributed by atoms with Crippen LogP contribution >= 0.6 is 0 Å². The molecule has 0 aliphatic heterocycles. The SMILES string of the molecule is Cc1cccnc1/C(N)=C/C#N. The number of allylic oxidation sites excluding steroid dienone is 1. The van der Waals surface area contributed by atoms with Crippen LogP contribution in [0.4, 0.5) is 0 Å². The number of hydrogen-bond acceptors (Lipinski definition) is 3. The lowest BCUT2D eigenvalue weighted by molar-refractivity contribution is 1.20. The fourth-order valence-corrected chi connectivity index (χ4v) is 0.926. The molecule has 0 unspecified atom stereocenters. The van der Waals surface area contributed by atoms with Gasteiger partial charge in [-0.3, -0.25) is 4.98 Å². The van der Waals surface area contributed by atoms with Gasteiger partial charge in [-0.2, -0.15) is 5.26 Å². The molecule has 1 heterocycles. The van der Waals surface area contributed by atoms with E-state index in [0.717, 1.165) is 5.56 Å². The number of nitriles is 1. The topological polar surface area (TPSA) is 62.7 Å². The molecule has 0 saturated carbocycles. The Kier molecular flexibility index (Phi) is 2.44. The molecule has 2 N–H and O–H groups in total. The maximum absolute atomic E-state index is 8.35. The molecule has 60 valence electrons. The van der Waals surface area contributed by atoms with E-state index in [1.807, 2.05) is 25.1 Å². The highest BCUT2D eigenvalue weighted by atomic mass is 14.7. The van der Waals surface area contributed by atoms with Crippen molar-refractivity contribution in [2.45, 2.75) is 6.92 Å². The molecule has 0 radical (unpaired) electrons. The maximum Gasteiger partial charge on any atom is 0.0934 e. The molecule has 0 aliphatic carbocycles. The molecule has 0 saturated heterocycles. The fourth-order valence-electron chi connectivity index (χ4n) is 0.926. The van der Waals surface area contributed by atoms with Crippen molar-refractivity contribution in [3.8, 4) is 6.07 Å². The maximum atomic E-state index is 8.35. The van der Waals surface area contributed by atoms with Gasteiger partial charge in [-0.25, -0.2) is 0 Å². The van der Waals surface area contributed by atoms with Crippen LogP contribution in [0, 0.1) is 18.3 Å². The Labute approximate surface area is 71.2 Å². The summed E-state index contributed by atoms with van der Waals surface area (Å²) in [7, 11) is 0. The van der Waals surface area contributed by atoms with Crippen molar-refractivity contribution in [2.75, 3.05) is 0 Å². The van der Waals surface area contributed by atoms with E-state index in [4.69, 9.17) is 11.0 Å². The molecule has 0 spiro atoms. The van der Waals surface area contributed by atoms with Gasteiger partial charge in [0.15, 0.2) is 0 Å². The number of nitrogens with two attached hydrogens (primary N) is 1. The normalized spacial score (nSPS) is 10.8. The first-order chi connectivity index (χ1) is 5.75. The van der Waals surface area contributed by atoms with Crippen molar-refractivity contribution in [1.82, 2.24) is 4.98 Å². The van der Waals surface area contributed by atoms with Gasteiger partial charge in [0.25, 0.3) is 0 Å². The number of aromatic nitrogens is 1. The lowest BCUT2D eigenvalue weighted by Crippen LogP contribution is -2.00. The smallest absolute Gasteiger partial charge is 0.0934 e. The van der Waals surface area contributed by atoms with Crippen LogP contribution in [0.15, 0.2) is 24.4 Å². The lowest BCUT2D eigenvalue weighted by atomic mass is 10.2. The Morgan fingerprint density at radius 3 is 3.08 bits per heavy atom. The van der Waals surface area contributed by atoms with E-state index in [9.17, 15) is 0 Å². The standard InChI is InChI=1S/C9H9N3/c1-7-3-2-6-12-9(7)8(11)4-5-10/h2-4,6H,11H2,1H3/b8-4-. The van der Waals surface area contributed by atoms with Gasteiger partial charge in [-0.1, -0.05) is 6.07 Å². The van der Waals surface area contributed by atoms with Crippen LogP contribution in [0.2, 0.25) is 0 Å². The Morgan fingerprint density at radius 1 is 1.75 bits per heavy atom. The summed E-state index contributed by atoms with van der Waals surface area (Å²) in [6.07, 6.45) is 2.94. The average Bonchev–Trinajstić information content (AvgIpc) is 2.05. The van der Waals surface area contributed by atoms with Crippen molar-refractivity contribution in [3.63, 3.8) is 0 Å². The molecule has 1 aromatic heterocycles. The lowest BCUT2D eigenvalue weighted by Gasteiger charge is -2.01. The van der Waals surface area contributed by atoms with Gasteiger partial charge in [0.05, 0.1) is 17.5 Å². The second-order valence-electron chi connectivity index (χ2n) is 2.40. The molecule has 3 heteroatoms. The summed E-state index contributed by atoms with van der Waals surface area (Å²) in [5.74, 6) is 0. The third-order valence-electron chi connectivity index (χ3n) is 1.50. The summed E-state index contributed by atoms with van der Waals surface area (Å²) in [5, 5.41) is 8.35. The monoisotopic (exact) mass is 159 g/mol. The second-order valence-corrected chi connectivity index (χ2v) is 2.40. The molecule has 0 aliphatic rings. The zero-order valence-electron chi connectivity index (χ0n) is 6.78. The highest BCUT2D eigenvalue weighted by molar-refractivity contribution is 5.63. The third kappa shape index (κ3) is 1.61. The molecular weight excluding hydrogens is 150 g/mol. The van der Waals surface area contributed by atoms with E-state index in [1.54, 1.807) is 6.20 Å². The van der Waals surface area contributed by atoms with Gasteiger partial charge in [0.2, 0.25) is 0 Å². The number of pyridine rings is 1. The van der Waals surface area contributed by atoms with E-state index in [-0.39, 0.29) is 0 Å². The number of hydrogen-bond donors (Lipinski definition) is 1. The quantitative estimate of drug-likeness (QED) is 0.626. The summed E-state index contributed by atoms with van der Waals surface area (Å²) in [6.45, 7) is 1.90. The molecule has 0 atom stereocenters. The third-order valence-corrected chi connectivity index (χ3v) is 1.50. The van der Waals surface area contributed by atoms with Crippen molar-refractivity contribution in [3.05, 3.63) is 35.7 Å². The Hall–Kier alpha value is -1.82.